The lowest BCUT2D eigenvalue weighted by Gasteiger charge is -2.37. The maximum Gasteiger partial charge on any atom is 0.326 e. The van der Waals surface area contributed by atoms with Crippen molar-refractivity contribution >= 4 is 29.6 Å². The Hall–Kier alpha value is -4.45. The van der Waals surface area contributed by atoms with E-state index < -0.39 is 53.9 Å². The quantitative estimate of drug-likeness (QED) is 0.192. The van der Waals surface area contributed by atoms with E-state index in [2.05, 4.69) is 16.0 Å². The van der Waals surface area contributed by atoms with Crippen LogP contribution in [-0.2, 0) is 36.8 Å². The van der Waals surface area contributed by atoms with Crippen LogP contribution in [0.25, 0.3) is 0 Å². The van der Waals surface area contributed by atoms with Gasteiger partial charge in [-0.1, -0.05) is 56.3 Å². The topological polar surface area (TPSA) is 191 Å². The van der Waals surface area contributed by atoms with Crippen LogP contribution in [0.2, 0.25) is 0 Å². The molecule has 0 bridgehead atoms. The summed E-state index contributed by atoms with van der Waals surface area (Å²) in [6.45, 7) is 3.72. The second-order valence-electron chi connectivity index (χ2n) is 12.4. The highest BCUT2D eigenvalue weighted by Gasteiger charge is 2.48. The Bertz CT molecular complexity index is 1370. The summed E-state index contributed by atoms with van der Waals surface area (Å²) < 4.78 is 0. The summed E-state index contributed by atoms with van der Waals surface area (Å²) in [5.74, 6) is -3.02. The van der Waals surface area contributed by atoms with Gasteiger partial charge in [-0.25, -0.2) is 4.79 Å². The molecule has 4 amide bonds. The van der Waals surface area contributed by atoms with Crippen LogP contribution in [0.5, 0.6) is 5.75 Å². The Balaban J connectivity index is 1.44. The monoisotopic (exact) mass is 621 g/mol. The molecule has 4 rings (SSSR count). The first kappa shape index (κ1) is 33.4. The fourth-order valence-electron chi connectivity index (χ4n) is 6.12. The molecule has 2 saturated heterocycles. The average molecular weight is 622 g/mol. The van der Waals surface area contributed by atoms with Gasteiger partial charge in [0.25, 0.3) is 0 Å². The Morgan fingerprint density at radius 2 is 1.58 bits per heavy atom. The van der Waals surface area contributed by atoms with Crippen molar-refractivity contribution in [2.45, 2.75) is 95.0 Å². The standard InChI is InChI=1S/C33H43N5O7/c1-19(2)15-27(33(44)45)37-30(41)25(17-20-7-4-3-5-8-20)35-31(42)28-10-6-9-22-18-26(32(43)38(22)28)36-29(40)24(34)16-21-11-13-23(39)14-12-21/h3-5,7-8,11-14,19,22,24-28,39H,6,9-10,15-18,34H2,1-2H3,(H,35,42)(H,36,40)(H,37,41)(H,44,45)/t22-,24+,25+,26+,27+,28+/m1/s1. The van der Waals surface area contributed by atoms with E-state index in [0.717, 1.165) is 11.1 Å². The van der Waals surface area contributed by atoms with Crippen molar-refractivity contribution in [2.24, 2.45) is 11.7 Å². The largest absolute Gasteiger partial charge is 0.508 e. The van der Waals surface area contributed by atoms with E-state index in [9.17, 15) is 34.2 Å². The molecule has 2 aliphatic rings. The van der Waals surface area contributed by atoms with Crippen molar-refractivity contribution in [3.8, 4) is 5.75 Å². The lowest BCUT2D eigenvalue weighted by Crippen LogP contribution is -2.59. The van der Waals surface area contributed by atoms with Crippen LogP contribution >= 0.6 is 0 Å². The Morgan fingerprint density at radius 3 is 2.22 bits per heavy atom. The summed E-state index contributed by atoms with van der Waals surface area (Å²) in [5.41, 5.74) is 7.66. The summed E-state index contributed by atoms with van der Waals surface area (Å²) in [7, 11) is 0. The number of phenolic OH excluding ortho intramolecular Hbond substituents is 1. The third kappa shape index (κ3) is 8.81. The Labute approximate surface area is 262 Å². The Kier molecular flexibility index (Phi) is 11.2. The van der Waals surface area contributed by atoms with Gasteiger partial charge < -0.3 is 36.8 Å². The van der Waals surface area contributed by atoms with Gasteiger partial charge in [0.15, 0.2) is 0 Å². The molecule has 2 aliphatic heterocycles. The zero-order valence-corrected chi connectivity index (χ0v) is 25.6. The van der Waals surface area contributed by atoms with E-state index in [1.54, 1.807) is 12.1 Å². The zero-order chi connectivity index (χ0) is 32.7. The highest BCUT2D eigenvalue weighted by molar-refractivity contribution is 5.97. The molecule has 2 fully saturated rings. The van der Waals surface area contributed by atoms with Gasteiger partial charge in [0, 0.05) is 12.5 Å². The first-order valence-corrected chi connectivity index (χ1v) is 15.5. The van der Waals surface area contributed by atoms with E-state index in [1.807, 2.05) is 44.2 Å². The number of aliphatic carboxylic acids is 1. The van der Waals surface area contributed by atoms with Gasteiger partial charge in [0.1, 0.15) is 29.9 Å². The van der Waals surface area contributed by atoms with Crippen LogP contribution in [0.1, 0.15) is 57.1 Å². The predicted molar refractivity (Wildman–Crippen MR) is 166 cm³/mol. The van der Waals surface area contributed by atoms with Gasteiger partial charge in [0.05, 0.1) is 6.04 Å². The smallest absolute Gasteiger partial charge is 0.326 e. The first-order chi connectivity index (χ1) is 21.4. The third-order valence-corrected chi connectivity index (χ3v) is 8.39. The molecule has 0 radical (unpaired) electrons. The molecule has 0 spiro atoms. The van der Waals surface area contributed by atoms with Crippen molar-refractivity contribution in [3.05, 3.63) is 65.7 Å². The number of fused-ring (bicyclic) bond motifs is 1. The van der Waals surface area contributed by atoms with Crippen molar-refractivity contribution in [3.63, 3.8) is 0 Å². The molecule has 45 heavy (non-hydrogen) atoms. The molecule has 0 aliphatic carbocycles. The van der Waals surface area contributed by atoms with E-state index >= 15 is 0 Å². The zero-order valence-electron chi connectivity index (χ0n) is 25.6. The SMILES string of the molecule is CC(C)C[C@H](NC(=O)[C@H](Cc1ccccc1)NC(=O)[C@@H]1CCC[C@@H]2C[C@H](NC(=O)[C@@H](N)Cc3ccc(O)cc3)C(=O)N21)C(=O)O. The summed E-state index contributed by atoms with van der Waals surface area (Å²) in [5, 5.41) is 27.3. The molecule has 12 nitrogen and oxygen atoms in total. The van der Waals surface area contributed by atoms with E-state index in [-0.39, 0.29) is 42.9 Å². The van der Waals surface area contributed by atoms with Gasteiger partial charge in [-0.3, -0.25) is 19.2 Å². The number of aromatic hydroxyl groups is 1. The van der Waals surface area contributed by atoms with Gasteiger partial charge in [-0.05, 0) is 67.7 Å². The maximum atomic E-state index is 13.7. The number of carbonyl (C=O) groups excluding carboxylic acids is 4. The summed E-state index contributed by atoms with van der Waals surface area (Å²) in [6.07, 6.45) is 2.66. The summed E-state index contributed by atoms with van der Waals surface area (Å²) >= 11 is 0. The van der Waals surface area contributed by atoms with Gasteiger partial charge in [-0.15, -0.1) is 0 Å². The number of piperidine rings is 1. The molecule has 0 aromatic heterocycles. The number of benzene rings is 2. The highest BCUT2D eigenvalue weighted by atomic mass is 16.4. The number of carbonyl (C=O) groups is 5. The molecule has 2 aromatic rings. The molecule has 2 heterocycles. The van der Waals surface area contributed by atoms with Gasteiger partial charge in [-0.2, -0.15) is 0 Å². The molecule has 6 atom stereocenters. The van der Waals surface area contributed by atoms with Crippen LogP contribution in [0.15, 0.2) is 54.6 Å². The molecule has 0 saturated carbocycles. The van der Waals surface area contributed by atoms with E-state index in [4.69, 9.17) is 5.73 Å². The van der Waals surface area contributed by atoms with Crippen LogP contribution in [0, 0.1) is 5.92 Å². The summed E-state index contributed by atoms with van der Waals surface area (Å²) in [6, 6.07) is 10.4. The van der Waals surface area contributed by atoms with Crippen LogP contribution in [0.4, 0.5) is 0 Å². The Morgan fingerprint density at radius 1 is 0.911 bits per heavy atom. The van der Waals surface area contributed by atoms with Crippen LogP contribution in [-0.4, -0.2) is 81.0 Å². The second kappa shape index (κ2) is 15.0. The molecule has 0 unspecified atom stereocenters. The van der Waals surface area contributed by atoms with E-state index in [1.165, 1.54) is 17.0 Å². The number of carboxylic acids is 1. The second-order valence-corrected chi connectivity index (χ2v) is 12.4. The van der Waals surface area contributed by atoms with Crippen molar-refractivity contribution in [2.75, 3.05) is 0 Å². The predicted octanol–water partition coefficient (Wildman–Crippen LogP) is 1.24. The number of hydrogen-bond acceptors (Lipinski definition) is 7. The number of nitrogens with zero attached hydrogens (tertiary/aromatic N) is 1. The lowest BCUT2D eigenvalue weighted by atomic mass is 9.95. The number of hydrogen-bond donors (Lipinski definition) is 6. The molecular weight excluding hydrogens is 578 g/mol. The molecule has 242 valence electrons. The van der Waals surface area contributed by atoms with Crippen molar-refractivity contribution in [1.29, 1.82) is 0 Å². The number of carboxylic acid groups (broad SMARTS) is 1. The minimum Gasteiger partial charge on any atom is -0.508 e. The van der Waals surface area contributed by atoms with Crippen molar-refractivity contribution in [1.82, 2.24) is 20.9 Å². The van der Waals surface area contributed by atoms with Crippen molar-refractivity contribution < 1.29 is 34.2 Å². The minimum absolute atomic E-state index is 0.0183. The van der Waals surface area contributed by atoms with Crippen LogP contribution < -0.4 is 21.7 Å². The fraction of sp³-hybridized carbons (Fsp3) is 0.485. The molecule has 7 N–H and O–H groups in total. The fourth-order valence-corrected chi connectivity index (χ4v) is 6.12. The number of phenols is 1. The molecular formula is C33H43N5O7. The summed E-state index contributed by atoms with van der Waals surface area (Å²) in [4.78, 5) is 67.0. The number of rotatable bonds is 13. The van der Waals surface area contributed by atoms with Gasteiger partial charge >= 0.3 is 5.97 Å². The first-order valence-electron chi connectivity index (χ1n) is 15.5. The maximum absolute atomic E-state index is 13.7. The highest BCUT2D eigenvalue weighted by Crippen LogP contribution is 2.32. The molecule has 12 heteroatoms. The average Bonchev–Trinajstić information content (AvgIpc) is 3.32. The molecule has 2 aromatic carbocycles. The minimum atomic E-state index is -1.16. The van der Waals surface area contributed by atoms with E-state index in [0.29, 0.717) is 25.7 Å². The number of nitrogens with two attached hydrogens (primary N) is 1. The lowest BCUT2D eigenvalue weighted by molar-refractivity contribution is -0.144. The third-order valence-electron chi connectivity index (χ3n) is 8.39. The van der Waals surface area contributed by atoms with Crippen LogP contribution in [0.3, 0.4) is 0 Å². The normalized spacial score (nSPS) is 21.4. The number of nitrogens with one attached hydrogen (secondary N) is 3. The number of amides is 4. The van der Waals surface area contributed by atoms with Gasteiger partial charge in [0.2, 0.25) is 23.6 Å².